The SMILES string of the molecule is Cc1nc(CC(=O)N2CCC(=O)N(CC3CC3)[C@H](C(C)C)C2)cs1. The molecule has 2 aliphatic rings. The van der Waals surface area contributed by atoms with Gasteiger partial charge in [-0.3, -0.25) is 9.59 Å². The molecular formula is C18H27N3O2S. The minimum absolute atomic E-state index is 0.0898. The first-order chi connectivity index (χ1) is 11.4. The molecule has 132 valence electrons. The van der Waals surface area contributed by atoms with E-state index in [0.717, 1.165) is 17.2 Å². The molecule has 3 rings (SSSR count). The summed E-state index contributed by atoms with van der Waals surface area (Å²) < 4.78 is 0. The third kappa shape index (κ3) is 4.15. The molecule has 1 aliphatic heterocycles. The predicted molar refractivity (Wildman–Crippen MR) is 94.8 cm³/mol. The lowest BCUT2D eigenvalue weighted by atomic mass is 10.0. The Bertz CT molecular complexity index is 609. The van der Waals surface area contributed by atoms with Gasteiger partial charge in [0.25, 0.3) is 0 Å². The Morgan fingerprint density at radius 3 is 2.75 bits per heavy atom. The van der Waals surface area contributed by atoms with Crippen LogP contribution in [0.1, 0.15) is 43.8 Å². The van der Waals surface area contributed by atoms with Gasteiger partial charge in [0.15, 0.2) is 0 Å². The molecule has 0 unspecified atom stereocenters. The van der Waals surface area contributed by atoms with Crippen molar-refractivity contribution in [3.8, 4) is 0 Å². The minimum atomic E-state index is 0.0898. The van der Waals surface area contributed by atoms with E-state index in [1.807, 2.05) is 17.2 Å². The van der Waals surface area contributed by atoms with Crippen LogP contribution in [0.15, 0.2) is 5.38 Å². The highest BCUT2D eigenvalue weighted by Crippen LogP contribution is 2.32. The van der Waals surface area contributed by atoms with E-state index in [9.17, 15) is 9.59 Å². The van der Waals surface area contributed by atoms with Crippen molar-refractivity contribution in [1.82, 2.24) is 14.8 Å². The Morgan fingerprint density at radius 2 is 2.17 bits per heavy atom. The van der Waals surface area contributed by atoms with Gasteiger partial charge in [0.1, 0.15) is 0 Å². The molecule has 24 heavy (non-hydrogen) atoms. The van der Waals surface area contributed by atoms with Gasteiger partial charge < -0.3 is 9.80 Å². The van der Waals surface area contributed by atoms with Gasteiger partial charge in [-0.05, 0) is 31.6 Å². The Hall–Kier alpha value is -1.43. The summed E-state index contributed by atoms with van der Waals surface area (Å²) in [5.74, 6) is 1.32. The summed E-state index contributed by atoms with van der Waals surface area (Å²) in [6.45, 7) is 8.30. The van der Waals surface area contributed by atoms with E-state index in [1.54, 1.807) is 11.3 Å². The standard InChI is InChI=1S/C18H27N3O2S/c1-12(2)16-10-20(18(23)8-15-11-24-13(3)19-15)7-6-17(22)21(16)9-14-4-5-14/h11-12,14,16H,4-10H2,1-3H3/t16-/m0/s1. The lowest BCUT2D eigenvalue weighted by Crippen LogP contribution is -2.48. The van der Waals surface area contributed by atoms with Gasteiger partial charge in [-0.25, -0.2) is 4.98 Å². The van der Waals surface area contributed by atoms with E-state index in [1.165, 1.54) is 12.8 Å². The van der Waals surface area contributed by atoms with E-state index < -0.39 is 0 Å². The predicted octanol–water partition coefficient (Wildman–Crippen LogP) is 2.49. The first-order valence-electron chi connectivity index (χ1n) is 8.92. The average Bonchev–Trinajstić information content (AvgIpc) is 3.28. The second-order valence-corrected chi connectivity index (χ2v) is 8.49. The lowest BCUT2D eigenvalue weighted by Gasteiger charge is -2.34. The van der Waals surface area contributed by atoms with E-state index in [0.29, 0.717) is 37.8 Å². The van der Waals surface area contributed by atoms with Crippen LogP contribution in [0.5, 0.6) is 0 Å². The van der Waals surface area contributed by atoms with Gasteiger partial charge in [0.05, 0.1) is 23.2 Å². The van der Waals surface area contributed by atoms with Gasteiger partial charge >= 0.3 is 0 Å². The molecule has 2 fully saturated rings. The van der Waals surface area contributed by atoms with Crippen LogP contribution < -0.4 is 0 Å². The number of thiazole rings is 1. The van der Waals surface area contributed by atoms with Crippen LogP contribution in [0.4, 0.5) is 0 Å². The van der Waals surface area contributed by atoms with Gasteiger partial charge in [-0.2, -0.15) is 0 Å². The molecule has 1 aromatic heterocycles. The molecule has 1 atom stereocenters. The zero-order valence-electron chi connectivity index (χ0n) is 14.8. The number of aromatic nitrogens is 1. The fraction of sp³-hybridized carbons (Fsp3) is 0.722. The Labute approximate surface area is 148 Å². The quantitative estimate of drug-likeness (QED) is 0.821. The highest BCUT2D eigenvalue weighted by molar-refractivity contribution is 7.09. The molecule has 0 spiro atoms. The van der Waals surface area contributed by atoms with Gasteiger partial charge in [0, 0.05) is 31.4 Å². The number of carbonyl (C=O) groups is 2. The maximum atomic E-state index is 12.7. The first-order valence-corrected chi connectivity index (χ1v) is 9.80. The van der Waals surface area contributed by atoms with Gasteiger partial charge in [0.2, 0.25) is 11.8 Å². The highest BCUT2D eigenvalue weighted by atomic mass is 32.1. The summed E-state index contributed by atoms with van der Waals surface area (Å²) in [7, 11) is 0. The molecule has 0 bridgehead atoms. The molecular weight excluding hydrogens is 322 g/mol. The van der Waals surface area contributed by atoms with E-state index in [-0.39, 0.29) is 17.9 Å². The van der Waals surface area contributed by atoms with Gasteiger partial charge in [-0.1, -0.05) is 13.8 Å². The van der Waals surface area contributed by atoms with Crippen LogP contribution in [0.3, 0.4) is 0 Å². The van der Waals surface area contributed by atoms with Crippen LogP contribution >= 0.6 is 11.3 Å². The van der Waals surface area contributed by atoms with Gasteiger partial charge in [-0.15, -0.1) is 11.3 Å². The smallest absolute Gasteiger partial charge is 0.228 e. The second kappa shape index (κ2) is 7.21. The van der Waals surface area contributed by atoms with Crippen LogP contribution in [-0.4, -0.2) is 52.3 Å². The molecule has 1 saturated heterocycles. The number of amides is 2. The maximum absolute atomic E-state index is 12.7. The molecule has 2 heterocycles. The summed E-state index contributed by atoms with van der Waals surface area (Å²) in [5, 5.41) is 2.94. The van der Waals surface area contributed by atoms with E-state index in [4.69, 9.17) is 0 Å². The fourth-order valence-corrected chi connectivity index (χ4v) is 3.96. The lowest BCUT2D eigenvalue weighted by molar-refractivity contribution is -0.134. The topological polar surface area (TPSA) is 53.5 Å². The monoisotopic (exact) mass is 349 g/mol. The van der Waals surface area contributed by atoms with Crippen LogP contribution in [-0.2, 0) is 16.0 Å². The molecule has 5 nitrogen and oxygen atoms in total. The van der Waals surface area contributed by atoms with E-state index >= 15 is 0 Å². The normalized spacial score (nSPS) is 22.2. The van der Waals surface area contributed by atoms with Crippen LogP contribution in [0.25, 0.3) is 0 Å². The zero-order chi connectivity index (χ0) is 17.3. The largest absolute Gasteiger partial charge is 0.340 e. The van der Waals surface area contributed by atoms with Crippen molar-refractivity contribution >= 4 is 23.2 Å². The molecule has 0 N–H and O–H groups in total. The molecule has 2 amide bonds. The number of rotatable bonds is 5. The fourth-order valence-electron chi connectivity index (χ4n) is 3.34. The highest BCUT2D eigenvalue weighted by Gasteiger charge is 2.36. The number of aryl methyl sites for hydroxylation is 1. The van der Waals surface area contributed by atoms with Crippen molar-refractivity contribution in [3.63, 3.8) is 0 Å². The number of hydrogen-bond acceptors (Lipinski definition) is 4. The summed E-state index contributed by atoms with van der Waals surface area (Å²) >= 11 is 1.57. The summed E-state index contributed by atoms with van der Waals surface area (Å²) in [6, 6.07) is 0.127. The van der Waals surface area contributed by atoms with Crippen LogP contribution in [0.2, 0.25) is 0 Å². The molecule has 1 saturated carbocycles. The molecule has 0 radical (unpaired) electrons. The Morgan fingerprint density at radius 1 is 1.42 bits per heavy atom. The summed E-state index contributed by atoms with van der Waals surface area (Å²) in [4.78, 5) is 33.6. The summed E-state index contributed by atoms with van der Waals surface area (Å²) in [5.41, 5.74) is 0.842. The molecule has 0 aromatic carbocycles. The van der Waals surface area contributed by atoms with Crippen molar-refractivity contribution in [1.29, 1.82) is 0 Å². The number of carbonyl (C=O) groups excluding carboxylic acids is 2. The maximum Gasteiger partial charge on any atom is 0.228 e. The van der Waals surface area contributed by atoms with Crippen molar-refractivity contribution < 1.29 is 9.59 Å². The first kappa shape index (κ1) is 17.4. The Kier molecular flexibility index (Phi) is 5.23. The minimum Gasteiger partial charge on any atom is -0.340 e. The number of nitrogens with zero attached hydrogens (tertiary/aromatic N) is 3. The molecule has 1 aliphatic carbocycles. The van der Waals surface area contributed by atoms with E-state index in [2.05, 4.69) is 23.7 Å². The van der Waals surface area contributed by atoms with Crippen LogP contribution in [0, 0.1) is 18.8 Å². The Balaban J connectivity index is 1.70. The zero-order valence-corrected chi connectivity index (χ0v) is 15.6. The van der Waals surface area contributed by atoms with Crippen molar-refractivity contribution in [2.24, 2.45) is 11.8 Å². The number of hydrogen-bond donors (Lipinski definition) is 0. The van der Waals surface area contributed by atoms with Crippen molar-refractivity contribution in [3.05, 3.63) is 16.1 Å². The van der Waals surface area contributed by atoms with Crippen molar-refractivity contribution in [2.75, 3.05) is 19.6 Å². The molecule has 6 heteroatoms. The third-order valence-electron chi connectivity index (χ3n) is 5.00. The second-order valence-electron chi connectivity index (χ2n) is 7.43. The average molecular weight is 350 g/mol. The third-order valence-corrected chi connectivity index (χ3v) is 5.82. The summed E-state index contributed by atoms with van der Waals surface area (Å²) in [6.07, 6.45) is 3.25. The molecule has 1 aromatic rings. The van der Waals surface area contributed by atoms with Crippen molar-refractivity contribution in [2.45, 2.75) is 52.5 Å².